The summed E-state index contributed by atoms with van der Waals surface area (Å²) in [6, 6.07) is -0.232. The summed E-state index contributed by atoms with van der Waals surface area (Å²) in [6.07, 6.45) is 1.76. The highest BCUT2D eigenvalue weighted by atomic mass is 16.5. The molecule has 1 N–H and O–H groups in total. The Morgan fingerprint density at radius 2 is 2.08 bits per heavy atom. The van der Waals surface area contributed by atoms with E-state index < -0.39 is 12.1 Å². The Balaban J connectivity index is 1.74. The fourth-order valence-electron chi connectivity index (χ4n) is 3.95. The minimum absolute atomic E-state index is 0.0389. The van der Waals surface area contributed by atoms with E-state index >= 15 is 0 Å². The van der Waals surface area contributed by atoms with Crippen molar-refractivity contribution in [2.24, 2.45) is 5.92 Å². The first-order chi connectivity index (χ1) is 11.9. The van der Waals surface area contributed by atoms with E-state index in [9.17, 15) is 14.7 Å². The van der Waals surface area contributed by atoms with Crippen molar-refractivity contribution in [2.75, 3.05) is 13.1 Å². The fourth-order valence-corrected chi connectivity index (χ4v) is 3.95. The number of hydrogen-bond acceptors (Lipinski definition) is 6. The number of aryl methyl sites for hydroxylation is 1. The van der Waals surface area contributed by atoms with Gasteiger partial charge in [-0.05, 0) is 19.8 Å². The van der Waals surface area contributed by atoms with Crippen LogP contribution in [-0.2, 0) is 9.59 Å². The maximum absolute atomic E-state index is 13.0. The summed E-state index contributed by atoms with van der Waals surface area (Å²) < 4.78 is 5.21. The van der Waals surface area contributed by atoms with Crippen molar-refractivity contribution in [3.05, 3.63) is 11.7 Å². The monoisotopic (exact) mass is 350 g/mol. The van der Waals surface area contributed by atoms with Crippen LogP contribution in [0.15, 0.2) is 4.52 Å². The highest BCUT2D eigenvalue weighted by molar-refractivity contribution is 5.89. The molecule has 0 aliphatic carbocycles. The molecule has 0 saturated carbocycles. The third-order valence-corrected chi connectivity index (χ3v) is 5.28. The van der Waals surface area contributed by atoms with Crippen LogP contribution >= 0.6 is 0 Å². The number of amides is 2. The van der Waals surface area contributed by atoms with Gasteiger partial charge in [0.2, 0.25) is 17.7 Å². The van der Waals surface area contributed by atoms with Gasteiger partial charge in [0.15, 0.2) is 5.82 Å². The Hall–Kier alpha value is -1.96. The molecule has 0 spiro atoms. The van der Waals surface area contributed by atoms with Gasteiger partial charge in [-0.2, -0.15) is 4.98 Å². The minimum atomic E-state index is -0.617. The van der Waals surface area contributed by atoms with Crippen LogP contribution in [0.3, 0.4) is 0 Å². The molecule has 8 heteroatoms. The van der Waals surface area contributed by atoms with Gasteiger partial charge in [0.25, 0.3) is 0 Å². The molecule has 3 atom stereocenters. The molecule has 0 unspecified atom stereocenters. The van der Waals surface area contributed by atoms with Crippen molar-refractivity contribution in [1.82, 2.24) is 19.9 Å². The van der Waals surface area contributed by atoms with Crippen LogP contribution in [0.25, 0.3) is 0 Å². The summed E-state index contributed by atoms with van der Waals surface area (Å²) in [6.45, 7) is 6.52. The van der Waals surface area contributed by atoms with Gasteiger partial charge in [-0.15, -0.1) is 0 Å². The summed E-state index contributed by atoms with van der Waals surface area (Å²) in [5.74, 6) is 0.407. The van der Waals surface area contributed by atoms with E-state index in [1.54, 1.807) is 11.8 Å². The van der Waals surface area contributed by atoms with Crippen LogP contribution in [0.1, 0.15) is 57.3 Å². The Morgan fingerprint density at radius 1 is 1.36 bits per heavy atom. The number of β-amino-alcohol motifs (C(OH)–C–C–N with tert-alkyl or cyclic N) is 1. The number of rotatable bonds is 5. The molecule has 1 aromatic heterocycles. The Bertz CT molecular complexity index is 642. The van der Waals surface area contributed by atoms with E-state index in [4.69, 9.17) is 4.52 Å². The van der Waals surface area contributed by atoms with E-state index in [2.05, 4.69) is 24.0 Å². The Labute approximate surface area is 147 Å². The zero-order chi connectivity index (χ0) is 18.1. The lowest BCUT2D eigenvalue weighted by molar-refractivity contribution is -0.137. The second kappa shape index (κ2) is 7.11. The molecule has 0 aromatic carbocycles. The predicted octanol–water partition coefficient (Wildman–Crippen LogP) is 1.05. The lowest BCUT2D eigenvalue weighted by Gasteiger charge is -2.27. The van der Waals surface area contributed by atoms with Gasteiger partial charge in [-0.1, -0.05) is 19.0 Å². The Morgan fingerprint density at radius 3 is 2.68 bits per heavy atom. The van der Waals surface area contributed by atoms with Crippen molar-refractivity contribution in [2.45, 2.75) is 64.6 Å². The molecule has 1 aromatic rings. The van der Waals surface area contributed by atoms with Gasteiger partial charge in [0.05, 0.1) is 12.0 Å². The minimum Gasteiger partial charge on any atom is -0.391 e. The van der Waals surface area contributed by atoms with E-state index in [-0.39, 0.29) is 36.7 Å². The normalized spacial score (nSPS) is 26.9. The second-order valence-electron chi connectivity index (χ2n) is 6.99. The summed E-state index contributed by atoms with van der Waals surface area (Å²) in [4.78, 5) is 33.0. The lowest BCUT2D eigenvalue weighted by atomic mass is 10.1. The number of carbonyl (C=O) groups is 2. The molecule has 2 aliphatic rings. The lowest BCUT2D eigenvalue weighted by Crippen LogP contribution is -2.39. The fraction of sp³-hybridized carbons (Fsp3) is 0.765. The standard InChI is InChI=1S/C17H26N4O4/c1-4-12(5-2)20-8-11(6-15(20)23)17(24)21-9-13(22)7-14(21)16-18-10(3)19-25-16/h11-14,22H,4-9H2,1-3H3/t11-,13+,14+/m0/s1. The molecular weight excluding hydrogens is 324 g/mol. The van der Waals surface area contributed by atoms with Crippen LogP contribution in [0.5, 0.6) is 0 Å². The van der Waals surface area contributed by atoms with Gasteiger partial charge >= 0.3 is 0 Å². The maximum atomic E-state index is 13.0. The molecule has 2 aliphatic heterocycles. The maximum Gasteiger partial charge on any atom is 0.249 e. The Kier molecular flexibility index (Phi) is 5.08. The topological polar surface area (TPSA) is 99.8 Å². The number of aliphatic hydroxyl groups excluding tert-OH is 1. The molecule has 2 saturated heterocycles. The quantitative estimate of drug-likeness (QED) is 0.852. The first kappa shape index (κ1) is 17.8. The molecule has 25 heavy (non-hydrogen) atoms. The van der Waals surface area contributed by atoms with Crippen LogP contribution in [0.4, 0.5) is 0 Å². The van der Waals surface area contributed by atoms with Crippen molar-refractivity contribution >= 4 is 11.8 Å². The molecular formula is C17H26N4O4. The molecule has 3 rings (SSSR count). The molecule has 0 radical (unpaired) electrons. The summed E-state index contributed by atoms with van der Waals surface area (Å²) in [5, 5.41) is 13.8. The van der Waals surface area contributed by atoms with Gasteiger partial charge in [0, 0.05) is 32.0 Å². The molecule has 3 heterocycles. The van der Waals surface area contributed by atoms with E-state index in [1.807, 2.05) is 4.90 Å². The third kappa shape index (κ3) is 3.40. The van der Waals surface area contributed by atoms with Crippen LogP contribution in [-0.4, -0.2) is 62.1 Å². The zero-order valence-corrected chi connectivity index (χ0v) is 15.0. The zero-order valence-electron chi connectivity index (χ0n) is 15.0. The summed E-state index contributed by atoms with van der Waals surface area (Å²) in [5.41, 5.74) is 0. The molecule has 138 valence electrons. The molecule has 2 amide bonds. The van der Waals surface area contributed by atoms with Gasteiger partial charge in [0.1, 0.15) is 6.04 Å². The SMILES string of the molecule is CCC(CC)N1C[C@@H](C(=O)N2C[C@H](O)C[C@@H]2c2nc(C)no2)CC1=O. The number of hydrogen-bond donors (Lipinski definition) is 1. The number of likely N-dealkylation sites (tertiary alicyclic amines) is 2. The van der Waals surface area contributed by atoms with Gasteiger partial charge in [-0.25, -0.2) is 0 Å². The first-order valence-electron chi connectivity index (χ1n) is 9.02. The van der Waals surface area contributed by atoms with Crippen molar-refractivity contribution in [3.8, 4) is 0 Å². The van der Waals surface area contributed by atoms with Crippen molar-refractivity contribution < 1.29 is 19.2 Å². The van der Waals surface area contributed by atoms with Crippen molar-refractivity contribution in [3.63, 3.8) is 0 Å². The third-order valence-electron chi connectivity index (χ3n) is 5.28. The molecule has 2 fully saturated rings. The number of carbonyl (C=O) groups excluding carboxylic acids is 2. The predicted molar refractivity (Wildman–Crippen MR) is 88.3 cm³/mol. The average molecular weight is 350 g/mol. The molecule has 8 nitrogen and oxygen atoms in total. The van der Waals surface area contributed by atoms with Crippen LogP contribution in [0.2, 0.25) is 0 Å². The highest BCUT2D eigenvalue weighted by Gasteiger charge is 2.44. The number of aliphatic hydroxyl groups is 1. The van der Waals surface area contributed by atoms with Crippen LogP contribution < -0.4 is 0 Å². The first-order valence-corrected chi connectivity index (χ1v) is 9.02. The molecule has 0 bridgehead atoms. The van der Waals surface area contributed by atoms with Gasteiger partial charge < -0.3 is 19.4 Å². The largest absolute Gasteiger partial charge is 0.391 e. The highest BCUT2D eigenvalue weighted by Crippen LogP contribution is 2.34. The number of aromatic nitrogens is 2. The summed E-state index contributed by atoms with van der Waals surface area (Å²) in [7, 11) is 0. The van der Waals surface area contributed by atoms with Crippen LogP contribution in [0, 0.1) is 12.8 Å². The smallest absolute Gasteiger partial charge is 0.249 e. The van der Waals surface area contributed by atoms with E-state index in [1.165, 1.54) is 0 Å². The second-order valence-corrected chi connectivity index (χ2v) is 6.99. The van der Waals surface area contributed by atoms with Gasteiger partial charge in [-0.3, -0.25) is 9.59 Å². The van der Waals surface area contributed by atoms with E-state index in [0.29, 0.717) is 24.7 Å². The van der Waals surface area contributed by atoms with Crippen molar-refractivity contribution in [1.29, 1.82) is 0 Å². The number of nitrogens with zero attached hydrogens (tertiary/aromatic N) is 4. The summed E-state index contributed by atoms with van der Waals surface area (Å²) >= 11 is 0. The van der Waals surface area contributed by atoms with E-state index in [0.717, 1.165) is 12.8 Å². The average Bonchev–Trinajstić information content (AvgIpc) is 3.27.